The van der Waals surface area contributed by atoms with Crippen molar-refractivity contribution in [1.82, 2.24) is 0 Å². The van der Waals surface area contributed by atoms with Crippen LogP contribution in [0.3, 0.4) is 0 Å². The molecule has 0 aliphatic heterocycles. The fourth-order valence-corrected chi connectivity index (χ4v) is 5.43. The Kier molecular flexibility index (Phi) is 5.61. The summed E-state index contributed by atoms with van der Waals surface area (Å²) in [5.74, 6) is 1.53. The monoisotopic (exact) mass is 334 g/mol. The van der Waals surface area contributed by atoms with Crippen LogP contribution < -0.4 is 0 Å². The second-order valence-corrected chi connectivity index (χ2v) is 8.92. The predicted octanol–water partition coefficient (Wildman–Crippen LogP) is 4.94. The van der Waals surface area contributed by atoms with E-state index in [0.29, 0.717) is 36.4 Å². The van der Waals surface area contributed by atoms with Crippen molar-refractivity contribution >= 4 is 11.8 Å². The molecule has 2 rings (SSSR count). The van der Waals surface area contributed by atoms with Crippen LogP contribution in [0.25, 0.3) is 0 Å². The van der Waals surface area contributed by atoms with Crippen LogP contribution >= 0.6 is 0 Å². The zero-order chi connectivity index (χ0) is 18.1. The van der Waals surface area contributed by atoms with Gasteiger partial charge in [0.1, 0.15) is 5.78 Å². The molecule has 0 bridgehead atoms. The van der Waals surface area contributed by atoms with Gasteiger partial charge in [-0.05, 0) is 55.3 Å². The van der Waals surface area contributed by atoms with E-state index >= 15 is 0 Å². The van der Waals surface area contributed by atoms with Gasteiger partial charge in [0.15, 0.2) is 0 Å². The Morgan fingerprint density at radius 2 is 2.00 bits per heavy atom. The van der Waals surface area contributed by atoms with Crippen molar-refractivity contribution in [2.75, 3.05) is 7.11 Å². The Labute approximate surface area is 147 Å². The summed E-state index contributed by atoms with van der Waals surface area (Å²) in [7, 11) is 1.45. The lowest BCUT2D eigenvalue weighted by atomic mass is 9.46. The molecule has 0 saturated heterocycles. The van der Waals surface area contributed by atoms with Crippen molar-refractivity contribution < 1.29 is 14.3 Å². The number of hydrogen-bond donors (Lipinski definition) is 0. The average molecular weight is 335 g/mol. The predicted molar refractivity (Wildman–Crippen MR) is 96.5 cm³/mol. The summed E-state index contributed by atoms with van der Waals surface area (Å²) < 4.78 is 4.78. The van der Waals surface area contributed by atoms with E-state index in [1.807, 2.05) is 0 Å². The van der Waals surface area contributed by atoms with E-state index in [2.05, 4.69) is 34.3 Å². The molecule has 2 aliphatic carbocycles. The molecule has 0 heterocycles. The van der Waals surface area contributed by atoms with Crippen LogP contribution in [-0.2, 0) is 14.3 Å². The number of carbonyl (C=O) groups is 2. The van der Waals surface area contributed by atoms with E-state index in [9.17, 15) is 9.59 Å². The Hall–Kier alpha value is -1.12. The highest BCUT2D eigenvalue weighted by Gasteiger charge is 2.55. The number of ether oxygens (including phenoxy) is 1. The van der Waals surface area contributed by atoms with Gasteiger partial charge in [-0.15, -0.1) is 0 Å². The molecule has 0 N–H and O–H groups in total. The van der Waals surface area contributed by atoms with Crippen LogP contribution in [0.4, 0.5) is 0 Å². The van der Waals surface area contributed by atoms with Crippen molar-refractivity contribution in [3.8, 4) is 0 Å². The zero-order valence-electron chi connectivity index (χ0n) is 16.1. The summed E-state index contributed by atoms with van der Waals surface area (Å²) in [5, 5.41) is 0. The van der Waals surface area contributed by atoms with Crippen molar-refractivity contribution in [1.29, 1.82) is 0 Å². The molecule has 3 nitrogen and oxygen atoms in total. The standard InChI is InChI=1S/C21H34O3/c1-14(13-19(23)24-6)7-9-16-15(2)8-10-17-20(3,4)18(22)11-12-21(16,17)5/h14,16-17H,2,7-13H2,1,3-6H3/t14-,16-,17-,21+/m0/s1. The van der Waals surface area contributed by atoms with Gasteiger partial charge in [0.2, 0.25) is 0 Å². The first-order chi connectivity index (χ1) is 11.1. The highest BCUT2D eigenvalue weighted by molar-refractivity contribution is 5.85. The first-order valence-electron chi connectivity index (χ1n) is 9.40. The molecule has 4 atom stereocenters. The van der Waals surface area contributed by atoms with Gasteiger partial charge in [-0.2, -0.15) is 0 Å². The fraction of sp³-hybridized carbons (Fsp3) is 0.810. The molecule has 136 valence electrons. The molecule has 0 radical (unpaired) electrons. The minimum absolute atomic E-state index is 0.126. The Morgan fingerprint density at radius 1 is 1.33 bits per heavy atom. The quantitative estimate of drug-likeness (QED) is 0.528. The lowest BCUT2D eigenvalue weighted by Crippen LogP contribution is -2.53. The molecule has 3 heteroatoms. The molecule has 0 aromatic carbocycles. The minimum Gasteiger partial charge on any atom is -0.469 e. The van der Waals surface area contributed by atoms with E-state index < -0.39 is 0 Å². The molecule has 0 unspecified atom stereocenters. The van der Waals surface area contributed by atoms with E-state index in [1.165, 1.54) is 12.7 Å². The van der Waals surface area contributed by atoms with Crippen LogP contribution in [0.5, 0.6) is 0 Å². The number of rotatable bonds is 5. The van der Waals surface area contributed by atoms with Crippen LogP contribution in [0.15, 0.2) is 12.2 Å². The number of ketones is 1. The van der Waals surface area contributed by atoms with Gasteiger partial charge in [0.25, 0.3) is 0 Å². The molecule has 24 heavy (non-hydrogen) atoms. The Bertz CT molecular complexity index is 519. The maximum absolute atomic E-state index is 12.4. The number of allylic oxidation sites excluding steroid dienone is 1. The minimum atomic E-state index is -0.219. The number of esters is 1. The zero-order valence-corrected chi connectivity index (χ0v) is 16.1. The summed E-state index contributed by atoms with van der Waals surface area (Å²) in [6.07, 6.45) is 6.36. The van der Waals surface area contributed by atoms with E-state index in [0.717, 1.165) is 32.1 Å². The van der Waals surface area contributed by atoms with Gasteiger partial charge in [0.05, 0.1) is 7.11 Å². The lowest BCUT2D eigenvalue weighted by molar-refractivity contribution is -0.145. The molecule has 2 aliphatic rings. The highest BCUT2D eigenvalue weighted by Crippen LogP contribution is 2.60. The van der Waals surface area contributed by atoms with Gasteiger partial charge in [-0.3, -0.25) is 9.59 Å². The third-order valence-electron chi connectivity index (χ3n) is 7.01. The molecular formula is C21H34O3. The third-order valence-corrected chi connectivity index (χ3v) is 7.01. The van der Waals surface area contributed by atoms with Gasteiger partial charge >= 0.3 is 5.97 Å². The summed E-state index contributed by atoms with van der Waals surface area (Å²) in [4.78, 5) is 23.9. The summed E-state index contributed by atoms with van der Waals surface area (Å²) in [6.45, 7) is 13.2. The third kappa shape index (κ3) is 3.45. The van der Waals surface area contributed by atoms with E-state index in [1.54, 1.807) is 0 Å². The average Bonchev–Trinajstić information content (AvgIpc) is 2.50. The van der Waals surface area contributed by atoms with Gasteiger partial charge in [-0.1, -0.05) is 39.8 Å². The molecule has 2 fully saturated rings. The number of carbonyl (C=O) groups excluding carboxylic acids is 2. The number of methoxy groups -OCH3 is 1. The lowest BCUT2D eigenvalue weighted by Gasteiger charge is -2.57. The topological polar surface area (TPSA) is 43.4 Å². The molecule has 0 spiro atoms. The molecule has 0 aromatic rings. The van der Waals surface area contributed by atoms with Gasteiger partial charge in [0, 0.05) is 18.3 Å². The van der Waals surface area contributed by atoms with Crippen molar-refractivity contribution in [2.45, 2.75) is 72.6 Å². The maximum Gasteiger partial charge on any atom is 0.305 e. The van der Waals surface area contributed by atoms with E-state index in [-0.39, 0.29) is 16.8 Å². The summed E-state index contributed by atoms with van der Waals surface area (Å²) in [6, 6.07) is 0. The van der Waals surface area contributed by atoms with E-state index in [4.69, 9.17) is 4.74 Å². The molecule has 2 saturated carbocycles. The largest absolute Gasteiger partial charge is 0.469 e. The van der Waals surface area contributed by atoms with Crippen LogP contribution in [0.1, 0.15) is 72.6 Å². The van der Waals surface area contributed by atoms with Crippen LogP contribution in [-0.4, -0.2) is 18.9 Å². The van der Waals surface area contributed by atoms with Crippen molar-refractivity contribution in [2.24, 2.45) is 28.6 Å². The smallest absolute Gasteiger partial charge is 0.305 e. The summed E-state index contributed by atoms with van der Waals surface area (Å²) in [5.41, 5.74) is 1.30. The normalized spacial score (nSPS) is 33.7. The molecular weight excluding hydrogens is 300 g/mol. The Morgan fingerprint density at radius 3 is 2.62 bits per heavy atom. The van der Waals surface area contributed by atoms with Crippen LogP contribution in [0.2, 0.25) is 0 Å². The fourth-order valence-electron chi connectivity index (χ4n) is 5.43. The Balaban J connectivity index is 2.12. The van der Waals surface area contributed by atoms with Crippen LogP contribution in [0, 0.1) is 28.6 Å². The number of Topliss-reactive ketones (excluding diaryl/α,β-unsaturated/α-hetero) is 1. The number of hydrogen-bond acceptors (Lipinski definition) is 3. The first-order valence-corrected chi connectivity index (χ1v) is 9.40. The van der Waals surface area contributed by atoms with Crippen molar-refractivity contribution in [3.63, 3.8) is 0 Å². The highest BCUT2D eigenvalue weighted by atomic mass is 16.5. The molecule has 0 aromatic heterocycles. The second-order valence-electron chi connectivity index (χ2n) is 8.92. The van der Waals surface area contributed by atoms with Gasteiger partial charge < -0.3 is 4.74 Å². The first kappa shape index (κ1) is 19.2. The molecule has 0 amide bonds. The summed E-state index contributed by atoms with van der Waals surface area (Å²) >= 11 is 0. The maximum atomic E-state index is 12.4. The van der Waals surface area contributed by atoms with Gasteiger partial charge in [-0.25, -0.2) is 0 Å². The number of fused-ring (bicyclic) bond motifs is 1. The second kappa shape index (κ2) is 7.01. The SMILES string of the molecule is C=C1CC[C@H]2C(C)(C)C(=O)CC[C@]2(C)[C@H]1CC[C@H](C)CC(=O)OC. The van der Waals surface area contributed by atoms with Crippen molar-refractivity contribution in [3.05, 3.63) is 12.2 Å².